The quantitative estimate of drug-likeness (QED) is 0.853. The lowest BCUT2D eigenvalue weighted by atomic mass is 10.2. The Hall–Kier alpha value is -2.56. The van der Waals surface area contributed by atoms with Crippen molar-refractivity contribution < 1.29 is 14.3 Å². The van der Waals surface area contributed by atoms with Crippen LogP contribution < -0.4 is 10.5 Å². The summed E-state index contributed by atoms with van der Waals surface area (Å²) in [7, 11) is 0. The summed E-state index contributed by atoms with van der Waals surface area (Å²) >= 11 is 0. The Morgan fingerprint density at radius 3 is 2.89 bits per heavy atom. The SMILES string of the molecule is CCOC(=O)c1cccc(Oc2ncccc2N)c1. The predicted octanol–water partition coefficient (Wildman–Crippen LogP) is 2.63. The number of nitrogens with two attached hydrogens (primary N) is 1. The van der Waals surface area contributed by atoms with Crippen molar-refractivity contribution in [2.24, 2.45) is 0 Å². The smallest absolute Gasteiger partial charge is 0.338 e. The number of nitrogens with zero attached hydrogens (tertiary/aromatic N) is 1. The van der Waals surface area contributed by atoms with Gasteiger partial charge in [0.2, 0.25) is 5.88 Å². The molecule has 0 aliphatic rings. The molecule has 0 aliphatic carbocycles. The van der Waals surface area contributed by atoms with Crippen molar-refractivity contribution in [2.45, 2.75) is 6.92 Å². The Morgan fingerprint density at radius 2 is 2.16 bits per heavy atom. The number of carbonyl (C=O) groups excluding carboxylic acids is 1. The van der Waals surface area contributed by atoms with E-state index in [1.165, 1.54) is 0 Å². The van der Waals surface area contributed by atoms with Gasteiger partial charge < -0.3 is 15.2 Å². The first-order valence-corrected chi connectivity index (χ1v) is 5.86. The molecule has 0 atom stereocenters. The Labute approximate surface area is 111 Å². The lowest BCUT2D eigenvalue weighted by Gasteiger charge is -2.08. The van der Waals surface area contributed by atoms with Gasteiger partial charge in [0.25, 0.3) is 0 Å². The molecule has 19 heavy (non-hydrogen) atoms. The fourth-order valence-electron chi connectivity index (χ4n) is 1.50. The minimum Gasteiger partial charge on any atom is -0.462 e. The topological polar surface area (TPSA) is 74.4 Å². The van der Waals surface area contributed by atoms with Crippen LogP contribution in [0.1, 0.15) is 17.3 Å². The number of hydrogen-bond donors (Lipinski definition) is 1. The number of pyridine rings is 1. The van der Waals surface area contributed by atoms with Crippen molar-refractivity contribution in [2.75, 3.05) is 12.3 Å². The van der Waals surface area contributed by atoms with E-state index in [0.717, 1.165) is 0 Å². The van der Waals surface area contributed by atoms with E-state index in [1.54, 1.807) is 49.5 Å². The zero-order valence-electron chi connectivity index (χ0n) is 10.5. The summed E-state index contributed by atoms with van der Waals surface area (Å²) in [6.07, 6.45) is 1.58. The van der Waals surface area contributed by atoms with Gasteiger partial charge in [0, 0.05) is 6.20 Å². The van der Waals surface area contributed by atoms with Crippen molar-refractivity contribution in [3.05, 3.63) is 48.2 Å². The second kappa shape index (κ2) is 5.86. The second-order valence-corrected chi connectivity index (χ2v) is 3.75. The van der Waals surface area contributed by atoms with Crippen molar-refractivity contribution in [1.29, 1.82) is 0 Å². The van der Waals surface area contributed by atoms with E-state index in [2.05, 4.69) is 4.98 Å². The minimum atomic E-state index is -0.387. The van der Waals surface area contributed by atoms with E-state index >= 15 is 0 Å². The van der Waals surface area contributed by atoms with Crippen molar-refractivity contribution in [3.8, 4) is 11.6 Å². The predicted molar refractivity (Wildman–Crippen MR) is 71.1 cm³/mol. The van der Waals surface area contributed by atoms with Gasteiger partial charge in [-0.2, -0.15) is 0 Å². The molecular weight excluding hydrogens is 244 g/mol. The summed E-state index contributed by atoms with van der Waals surface area (Å²) < 4.78 is 10.5. The molecule has 1 aromatic heterocycles. The highest BCUT2D eigenvalue weighted by atomic mass is 16.5. The molecule has 0 spiro atoms. The number of carbonyl (C=O) groups is 1. The summed E-state index contributed by atoms with van der Waals surface area (Å²) in [4.78, 5) is 15.6. The average Bonchev–Trinajstić information content (AvgIpc) is 2.42. The molecule has 2 rings (SSSR count). The normalized spacial score (nSPS) is 9.95. The first-order valence-electron chi connectivity index (χ1n) is 5.86. The van der Waals surface area contributed by atoms with Crippen molar-refractivity contribution in [3.63, 3.8) is 0 Å². The van der Waals surface area contributed by atoms with Crippen LogP contribution in [0.3, 0.4) is 0 Å². The van der Waals surface area contributed by atoms with Crippen LogP contribution in [0.2, 0.25) is 0 Å². The summed E-state index contributed by atoms with van der Waals surface area (Å²) in [5.41, 5.74) is 6.59. The van der Waals surface area contributed by atoms with Crippen molar-refractivity contribution >= 4 is 11.7 Å². The molecule has 2 N–H and O–H groups in total. The van der Waals surface area contributed by atoms with Gasteiger partial charge in [-0.1, -0.05) is 6.07 Å². The molecule has 98 valence electrons. The zero-order chi connectivity index (χ0) is 13.7. The zero-order valence-corrected chi connectivity index (χ0v) is 10.5. The maximum Gasteiger partial charge on any atom is 0.338 e. The number of hydrogen-bond acceptors (Lipinski definition) is 5. The summed E-state index contributed by atoms with van der Waals surface area (Å²) in [5.74, 6) is 0.404. The van der Waals surface area contributed by atoms with Crippen LogP contribution >= 0.6 is 0 Å². The second-order valence-electron chi connectivity index (χ2n) is 3.75. The summed E-state index contributed by atoms with van der Waals surface area (Å²) in [6, 6.07) is 10.1. The standard InChI is InChI=1S/C14H14N2O3/c1-2-18-14(17)10-5-3-6-11(9-10)19-13-12(15)7-4-8-16-13/h3-9H,2,15H2,1H3. The van der Waals surface area contributed by atoms with Gasteiger partial charge in [0.1, 0.15) is 5.75 Å². The van der Waals surface area contributed by atoms with Crippen LogP contribution in [-0.4, -0.2) is 17.6 Å². The van der Waals surface area contributed by atoms with Gasteiger partial charge in [0.15, 0.2) is 0 Å². The molecule has 0 saturated carbocycles. The van der Waals surface area contributed by atoms with Gasteiger partial charge in [-0.25, -0.2) is 9.78 Å². The van der Waals surface area contributed by atoms with Gasteiger partial charge >= 0.3 is 5.97 Å². The van der Waals surface area contributed by atoms with E-state index in [9.17, 15) is 4.79 Å². The fraction of sp³-hybridized carbons (Fsp3) is 0.143. The van der Waals surface area contributed by atoms with E-state index in [1.807, 2.05) is 0 Å². The third kappa shape index (κ3) is 3.22. The van der Waals surface area contributed by atoms with Crippen LogP contribution in [0, 0.1) is 0 Å². The minimum absolute atomic E-state index is 0.309. The molecule has 5 nitrogen and oxygen atoms in total. The van der Waals surface area contributed by atoms with Gasteiger partial charge in [-0.3, -0.25) is 0 Å². The Kier molecular flexibility index (Phi) is 3.97. The molecule has 1 heterocycles. The molecule has 2 aromatic rings. The number of esters is 1. The summed E-state index contributed by atoms with van der Waals surface area (Å²) in [5, 5.41) is 0. The number of benzene rings is 1. The molecule has 0 saturated heterocycles. The number of rotatable bonds is 4. The monoisotopic (exact) mass is 258 g/mol. The van der Waals surface area contributed by atoms with E-state index in [4.69, 9.17) is 15.2 Å². The molecular formula is C14H14N2O3. The van der Waals surface area contributed by atoms with Gasteiger partial charge in [-0.15, -0.1) is 0 Å². The first-order chi connectivity index (χ1) is 9.20. The van der Waals surface area contributed by atoms with Gasteiger partial charge in [0.05, 0.1) is 17.9 Å². The van der Waals surface area contributed by atoms with Crippen LogP contribution in [0.4, 0.5) is 5.69 Å². The fourth-order valence-corrected chi connectivity index (χ4v) is 1.50. The number of aromatic nitrogens is 1. The number of nitrogen functional groups attached to an aromatic ring is 1. The average molecular weight is 258 g/mol. The lowest BCUT2D eigenvalue weighted by Crippen LogP contribution is -2.04. The molecule has 0 aliphatic heterocycles. The molecule has 0 radical (unpaired) electrons. The third-order valence-corrected chi connectivity index (χ3v) is 2.36. The van der Waals surface area contributed by atoms with Crippen molar-refractivity contribution in [1.82, 2.24) is 4.98 Å². The molecule has 0 bridgehead atoms. The summed E-state index contributed by atoms with van der Waals surface area (Å²) in [6.45, 7) is 2.09. The Bertz CT molecular complexity index is 584. The molecule has 5 heteroatoms. The van der Waals surface area contributed by atoms with Crippen LogP contribution in [-0.2, 0) is 4.74 Å². The number of anilines is 1. The molecule has 0 amide bonds. The van der Waals surface area contributed by atoms with Gasteiger partial charge in [-0.05, 0) is 37.3 Å². The Morgan fingerprint density at radius 1 is 1.32 bits per heavy atom. The lowest BCUT2D eigenvalue weighted by molar-refractivity contribution is 0.0526. The molecule has 0 fully saturated rings. The largest absolute Gasteiger partial charge is 0.462 e. The highest BCUT2D eigenvalue weighted by Gasteiger charge is 2.09. The van der Waals surface area contributed by atoms with Crippen LogP contribution in [0.5, 0.6) is 11.6 Å². The third-order valence-electron chi connectivity index (χ3n) is 2.36. The Balaban J connectivity index is 2.20. The maximum atomic E-state index is 11.6. The van der Waals surface area contributed by atoms with Crippen LogP contribution in [0.15, 0.2) is 42.6 Å². The van der Waals surface area contributed by atoms with E-state index in [0.29, 0.717) is 29.5 Å². The first kappa shape index (κ1) is 12.9. The highest BCUT2D eigenvalue weighted by Crippen LogP contribution is 2.25. The van der Waals surface area contributed by atoms with Crippen LogP contribution in [0.25, 0.3) is 0 Å². The van der Waals surface area contributed by atoms with E-state index in [-0.39, 0.29) is 5.97 Å². The maximum absolute atomic E-state index is 11.6. The van der Waals surface area contributed by atoms with E-state index < -0.39 is 0 Å². The molecule has 0 unspecified atom stereocenters. The number of ether oxygens (including phenoxy) is 2. The molecule has 1 aromatic carbocycles. The highest BCUT2D eigenvalue weighted by molar-refractivity contribution is 5.89.